The molecule has 0 unspecified atom stereocenters. The first-order valence-corrected chi connectivity index (χ1v) is 6.79. The number of para-hydroxylation sites is 1. The van der Waals surface area contributed by atoms with Gasteiger partial charge in [-0.25, -0.2) is 0 Å². The molecular weight excluding hydrogens is 278 g/mol. The summed E-state index contributed by atoms with van der Waals surface area (Å²) in [4.78, 5) is 11.9. The van der Waals surface area contributed by atoms with Crippen molar-refractivity contribution in [2.75, 3.05) is 6.54 Å². The van der Waals surface area contributed by atoms with Gasteiger partial charge in [-0.05, 0) is 25.1 Å². The van der Waals surface area contributed by atoms with E-state index in [-0.39, 0.29) is 5.75 Å². The number of rotatable bonds is 5. The summed E-state index contributed by atoms with van der Waals surface area (Å²) in [5, 5.41) is 17.5. The number of aromatic hydroxyl groups is 1. The fourth-order valence-corrected chi connectivity index (χ4v) is 2.00. The molecule has 6 heteroatoms. The lowest BCUT2D eigenvalue weighted by molar-refractivity contribution is 0.451. The van der Waals surface area contributed by atoms with Crippen LogP contribution in [0.15, 0.2) is 35.1 Å². The van der Waals surface area contributed by atoms with Gasteiger partial charge < -0.3 is 10.4 Å². The highest BCUT2D eigenvalue weighted by Gasteiger charge is 2.11. The summed E-state index contributed by atoms with van der Waals surface area (Å²) in [5.74, 6) is -0.109. The van der Waals surface area contributed by atoms with Crippen molar-refractivity contribution in [3.63, 3.8) is 0 Å². The van der Waals surface area contributed by atoms with Crippen molar-refractivity contribution in [2.24, 2.45) is 0 Å². The van der Waals surface area contributed by atoms with Crippen LogP contribution in [0.5, 0.6) is 5.75 Å². The predicted molar refractivity (Wildman–Crippen MR) is 78.5 cm³/mol. The highest BCUT2D eigenvalue weighted by Crippen LogP contribution is 2.19. The molecule has 1 heterocycles. The van der Waals surface area contributed by atoms with Gasteiger partial charge in [0.25, 0.3) is 5.56 Å². The van der Waals surface area contributed by atoms with Crippen molar-refractivity contribution in [1.29, 1.82) is 0 Å². The van der Waals surface area contributed by atoms with Crippen molar-refractivity contribution in [3.05, 3.63) is 51.4 Å². The van der Waals surface area contributed by atoms with Gasteiger partial charge in [0.15, 0.2) is 0 Å². The van der Waals surface area contributed by atoms with E-state index in [1.807, 2.05) is 6.92 Å². The van der Waals surface area contributed by atoms with Gasteiger partial charge in [-0.1, -0.05) is 30.7 Å². The Bertz CT molecular complexity index is 655. The topological polar surface area (TPSA) is 67.2 Å². The lowest BCUT2D eigenvalue weighted by atomic mass is 10.3. The number of hydrogen-bond acceptors (Lipinski definition) is 4. The van der Waals surface area contributed by atoms with E-state index in [9.17, 15) is 9.90 Å². The monoisotopic (exact) mass is 293 g/mol. The Labute approximate surface area is 121 Å². The minimum atomic E-state index is -0.421. The maximum Gasteiger partial charge on any atom is 0.275 e. The normalized spacial score (nSPS) is 10.7. The SMILES string of the molecule is CCCNCc1nn(-c2ccccc2Cl)c(=O)cc1O. The van der Waals surface area contributed by atoms with Crippen LogP contribution in [0.25, 0.3) is 5.69 Å². The highest BCUT2D eigenvalue weighted by molar-refractivity contribution is 6.32. The Hall–Kier alpha value is -1.85. The Morgan fingerprint density at radius 3 is 2.85 bits per heavy atom. The summed E-state index contributed by atoms with van der Waals surface area (Å²) < 4.78 is 1.20. The highest BCUT2D eigenvalue weighted by atomic mass is 35.5. The van der Waals surface area contributed by atoms with Gasteiger partial charge >= 0.3 is 0 Å². The molecule has 0 aliphatic carbocycles. The first-order chi connectivity index (χ1) is 9.63. The molecule has 0 atom stereocenters. The van der Waals surface area contributed by atoms with E-state index in [4.69, 9.17) is 11.6 Å². The first-order valence-electron chi connectivity index (χ1n) is 6.41. The molecule has 2 aromatic rings. The fourth-order valence-electron chi connectivity index (χ4n) is 1.79. The zero-order valence-electron chi connectivity index (χ0n) is 11.1. The Kier molecular flexibility index (Phi) is 4.76. The third kappa shape index (κ3) is 3.18. The molecule has 0 fully saturated rings. The smallest absolute Gasteiger partial charge is 0.275 e. The second-order valence-electron chi connectivity index (χ2n) is 4.35. The zero-order valence-corrected chi connectivity index (χ0v) is 11.9. The number of hydrogen-bond donors (Lipinski definition) is 2. The number of nitrogens with one attached hydrogen (secondary N) is 1. The Balaban J connectivity index is 2.41. The molecule has 0 amide bonds. The molecule has 0 aliphatic rings. The molecule has 106 valence electrons. The molecule has 1 aromatic carbocycles. The third-order valence-electron chi connectivity index (χ3n) is 2.79. The third-order valence-corrected chi connectivity index (χ3v) is 3.10. The van der Waals surface area contributed by atoms with Crippen molar-refractivity contribution >= 4 is 11.6 Å². The molecule has 2 N–H and O–H groups in total. The molecule has 0 aliphatic heterocycles. The number of aromatic nitrogens is 2. The van der Waals surface area contributed by atoms with Gasteiger partial charge in [0.1, 0.15) is 11.4 Å². The summed E-state index contributed by atoms with van der Waals surface area (Å²) in [5.41, 5.74) is 0.490. The Morgan fingerprint density at radius 2 is 2.15 bits per heavy atom. The summed E-state index contributed by atoms with van der Waals surface area (Å²) in [6.07, 6.45) is 0.977. The van der Waals surface area contributed by atoms with E-state index in [2.05, 4.69) is 10.4 Å². The quantitative estimate of drug-likeness (QED) is 0.829. The average Bonchev–Trinajstić information content (AvgIpc) is 2.42. The van der Waals surface area contributed by atoms with Gasteiger partial charge in [-0.2, -0.15) is 9.78 Å². The zero-order chi connectivity index (χ0) is 14.5. The number of nitrogens with zero attached hydrogens (tertiary/aromatic N) is 2. The molecule has 0 saturated carbocycles. The molecule has 5 nitrogen and oxygen atoms in total. The lowest BCUT2D eigenvalue weighted by Crippen LogP contribution is -2.24. The van der Waals surface area contributed by atoms with E-state index >= 15 is 0 Å². The second kappa shape index (κ2) is 6.54. The van der Waals surface area contributed by atoms with Crippen LogP contribution >= 0.6 is 11.6 Å². The second-order valence-corrected chi connectivity index (χ2v) is 4.76. The van der Waals surface area contributed by atoms with Crippen LogP contribution in [0.3, 0.4) is 0 Å². The summed E-state index contributed by atoms with van der Waals surface area (Å²) in [6, 6.07) is 8.10. The predicted octanol–water partition coefficient (Wildman–Crippen LogP) is 2.09. The maximum atomic E-state index is 11.9. The molecular formula is C14H16ClN3O2. The number of benzene rings is 1. The van der Waals surface area contributed by atoms with Crippen molar-refractivity contribution < 1.29 is 5.11 Å². The molecule has 0 saturated heterocycles. The van der Waals surface area contributed by atoms with Gasteiger partial charge in [-0.3, -0.25) is 4.79 Å². The van der Waals surface area contributed by atoms with Crippen LogP contribution in [0, 0.1) is 0 Å². The van der Waals surface area contributed by atoms with Crippen LogP contribution in [0.4, 0.5) is 0 Å². The van der Waals surface area contributed by atoms with Gasteiger partial charge in [-0.15, -0.1) is 0 Å². The largest absolute Gasteiger partial charge is 0.506 e. The minimum Gasteiger partial charge on any atom is -0.506 e. The molecule has 1 aromatic heterocycles. The van der Waals surface area contributed by atoms with Crippen LogP contribution < -0.4 is 10.9 Å². The van der Waals surface area contributed by atoms with Crippen molar-refractivity contribution in [2.45, 2.75) is 19.9 Å². The summed E-state index contributed by atoms with van der Waals surface area (Å²) in [6.45, 7) is 3.25. The van der Waals surface area contributed by atoms with E-state index in [1.54, 1.807) is 24.3 Å². The summed E-state index contributed by atoms with van der Waals surface area (Å²) in [7, 11) is 0. The van der Waals surface area contributed by atoms with Gasteiger partial charge in [0.05, 0.1) is 10.7 Å². The number of halogens is 1. The van der Waals surface area contributed by atoms with E-state index < -0.39 is 5.56 Å². The van der Waals surface area contributed by atoms with Crippen molar-refractivity contribution in [1.82, 2.24) is 15.1 Å². The molecule has 0 radical (unpaired) electrons. The summed E-state index contributed by atoms with van der Waals surface area (Å²) >= 11 is 6.07. The van der Waals surface area contributed by atoms with Gasteiger partial charge in [0.2, 0.25) is 0 Å². The van der Waals surface area contributed by atoms with Crippen LogP contribution in [0.2, 0.25) is 5.02 Å². The van der Waals surface area contributed by atoms with E-state index in [0.717, 1.165) is 19.0 Å². The van der Waals surface area contributed by atoms with E-state index in [0.29, 0.717) is 22.9 Å². The average molecular weight is 294 g/mol. The molecule has 0 bridgehead atoms. The standard InChI is InChI=1S/C14H16ClN3O2/c1-2-7-16-9-11-13(19)8-14(20)18(17-11)12-6-4-3-5-10(12)15/h3-6,8,16,19H,2,7,9H2,1H3. The molecule has 0 spiro atoms. The van der Waals surface area contributed by atoms with Crippen LogP contribution in [-0.4, -0.2) is 21.4 Å². The minimum absolute atomic E-state index is 0.109. The first kappa shape index (κ1) is 14.6. The van der Waals surface area contributed by atoms with E-state index in [1.165, 1.54) is 4.68 Å². The van der Waals surface area contributed by atoms with Crippen LogP contribution in [0.1, 0.15) is 19.0 Å². The lowest BCUT2D eigenvalue weighted by Gasteiger charge is -2.10. The van der Waals surface area contributed by atoms with Crippen molar-refractivity contribution in [3.8, 4) is 11.4 Å². The Morgan fingerprint density at radius 1 is 1.40 bits per heavy atom. The van der Waals surface area contributed by atoms with Gasteiger partial charge in [0, 0.05) is 12.6 Å². The van der Waals surface area contributed by atoms with Crippen LogP contribution in [-0.2, 0) is 6.54 Å². The maximum absolute atomic E-state index is 11.9. The molecule has 20 heavy (non-hydrogen) atoms. The fraction of sp³-hybridized carbons (Fsp3) is 0.286. The molecule has 2 rings (SSSR count).